The topological polar surface area (TPSA) is 144 Å². The van der Waals surface area contributed by atoms with Crippen molar-refractivity contribution in [3.8, 4) is 0 Å². The van der Waals surface area contributed by atoms with Gasteiger partial charge in [-0.15, -0.1) is 0 Å². The largest absolute Gasteiger partial charge is 0.393 e. The molecule has 2 aliphatic carbocycles. The first-order valence-corrected chi connectivity index (χ1v) is 13.3. The summed E-state index contributed by atoms with van der Waals surface area (Å²) in [5, 5.41) is 43.1. The molecule has 4 rings (SSSR count). The minimum absolute atomic E-state index is 0.0351. The summed E-state index contributed by atoms with van der Waals surface area (Å²) in [6.45, 7) is 1.30. The maximum atomic E-state index is 13.6. The normalized spacial score (nSPS) is 29.6. The molecule has 2 bridgehead atoms. The Morgan fingerprint density at radius 2 is 1.81 bits per heavy atom. The van der Waals surface area contributed by atoms with Gasteiger partial charge >= 0.3 is 0 Å². The van der Waals surface area contributed by atoms with E-state index in [1.807, 2.05) is 0 Å². The number of halogens is 3. The SMILES string of the molecule is C[C@H](O)[C@@H](O)[C@@]1(O)[C@H]2C[C@@H](S(=O)(=O)c3cc(C(=O)Nc4ccc(F)c(F)c4)ccc3Cl)C[C@@H]1[C@@H](O)C2. The van der Waals surface area contributed by atoms with E-state index in [-0.39, 0.29) is 40.4 Å². The van der Waals surface area contributed by atoms with E-state index in [2.05, 4.69) is 5.32 Å². The molecule has 2 fully saturated rings. The van der Waals surface area contributed by atoms with E-state index in [4.69, 9.17) is 11.6 Å². The molecule has 7 atom stereocenters. The molecular formula is C24H26ClF2NO7S. The minimum atomic E-state index is -4.17. The van der Waals surface area contributed by atoms with Gasteiger partial charge < -0.3 is 25.7 Å². The van der Waals surface area contributed by atoms with Gasteiger partial charge in [0.25, 0.3) is 5.91 Å². The predicted octanol–water partition coefficient (Wildman–Crippen LogP) is 2.28. The van der Waals surface area contributed by atoms with Gasteiger partial charge in [0.05, 0.1) is 27.4 Å². The summed E-state index contributed by atoms with van der Waals surface area (Å²) < 4.78 is 53.8. The van der Waals surface area contributed by atoms with Crippen molar-refractivity contribution in [3.63, 3.8) is 0 Å². The highest BCUT2D eigenvalue weighted by Crippen LogP contribution is 2.54. The van der Waals surface area contributed by atoms with Crippen LogP contribution in [-0.2, 0) is 9.84 Å². The van der Waals surface area contributed by atoms with Crippen LogP contribution in [0.15, 0.2) is 41.3 Å². The number of sulfone groups is 1. The van der Waals surface area contributed by atoms with Crippen LogP contribution < -0.4 is 5.32 Å². The quantitative estimate of drug-likeness (QED) is 0.374. The third-order valence-corrected chi connectivity index (χ3v) is 10.0. The average molecular weight is 546 g/mol. The molecule has 2 saturated carbocycles. The van der Waals surface area contributed by atoms with Gasteiger partial charge in [0.15, 0.2) is 21.5 Å². The second-order valence-corrected chi connectivity index (χ2v) is 12.1. The van der Waals surface area contributed by atoms with Gasteiger partial charge in [-0.25, -0.2) is 17.2 Å². The monoisotopic (exact) mass is 545 g/mol. The molecule has 0 unspecified atom stereocenters. The number of benzene rings is 2. The summed E-state index contributed by atoms with van der Waals surface area (Å²) in [4.78, 5) is 12.3. The van der Waals surface area contributed by atoms with E-state index in [1.165, 1.54) is 19.1 Å². The maximum absolute atomic E-state index is 13.6. The smallest absolute Gasteiger partial charge is 0.255 e. The van der Waals surface area contributed by atoms with Crippen LogP contribution in [0.2, 0.25) is 5.02 Å². The van der Waals surface area contributed by atoms with Crippen LogP contribution in [0, 0.1) is 23.5 Å². The average Bonchev–Trinajstić information content (AvgIpc) is 2.94. The van der Waals surface area contributed by atoms with E-state index in [9.17, 15) is 42.4 Å². The second-order valence-electron chi connectivity index (χ2n) is 9.55. The third kappa shape index (κ3) is 4.52. The number of nitrogens with one attached hydrogen (secondary N) is 1. The lowest BCUT2D eigenvalue weighted by Gasteiger charge is -2.46. The Labute approximate surface area is 211 Å². The van der Waals surface area contributed by atoms with Crippen molar-refractivity contribution >= 4 is 33.0 Å². The van der Waals surface area contributed by atoms with Gasteiger partial charge in [0.1, 0.15) is 11.7 Å². The summed E-state index contributed by atoms with van der Waals surface area (Å²) >= 11 is 6.19. The number of aliphatic hydroxyl groups is 4. The lowest BCUT2D eigenvalue weighted by molar-refractivity contribution is -0.178. The van der Waals surface area contributed by atoms with Crippen molar-refractivity contribution in [1.82, 2.24) is 0 Å². The molecule has 2 aromatic carbocycles. The number of hydrogen-bond acceptors (Lipinski definition) is 7. The van der Waals surface area contributed by atoms with E-state index in [1.54, 1.807) is 0 Å². The van der Waals surface area contributed by atoms with Gasteiger partial charge in [-0.3, -0.25) is 4.79 Å². The summed E-state index contributed by atoms with van der Waals surface area (Å²) in [6.07, 6.45) is -4.17. The molecule has 0 radical (unpaired) electrons. The van der Waals surface area contributed by atoms with Crippen molar-refractivity contribution in [3.05, 3.63) is 58.6 Å². The molecule has 196 valence electrons. The lowest BCUT2D eigenvalue weighted by Crippen LogP contribution is -2.59. The molecule has 1 amide bonds. The van der Waals surface area contributed by atoms with Gasteiger partial charge in [-0.2, -0.15) is 0 Å². The fourth-order valence-corrected chi connectivity index (χ4v) is 7.88. The number of amides is 1. The Morgan fingerprint density at radius 3 is 2.42 bits per heavy atom. The number of carbonyl (C=O) groups excluding carboxylic acids is 1. The minimum Gasteiger partial charge on any atom is -0.393 e. The number of anilines is 1. The molecule has 5 N–H and O–H groups in total. The molecule has 36 heavy (non-hydrogen) atoms. The van der Waals surface area contributed by atoms with Crippen molar-refractivity contribution in [2.75, 3.05) is 5.32 Å². The van der Waals surface area contributed by atoms with Crippen molar-refractivity contribution < 1.29 is 42.4 Å². The number of hydrogen-bond donors (Lipinski definition) is 5. The molecule has 0 aromatic heterocycles. The molecule has 8 nitrogen and oxygen atoms in total. The van der Waals surface area contributed by atoms with Crippen LogP contribution in [0.1, 0.15) is 36.5 Å². The van der Waals surface area contributed by atoms with E-state index < -0.39 is 68.4 Å². The van der Waals surface area contributed by atoms with Crippen LogP contribution >= 0.6 is 11.6 Å². The van der Waals surface area contributed by atoms with E-state index >= 15 is 0 Å². The molecule has 0 saturated heterocycles. The maximum Gasteiger partial charge on any atom is 0.255 e. The first kappa shape index (κ1) is 26.9. The number of rotatable bonds is 6. The van der Waals surface area contributed by atoms with Crippen LogP contribution in [-0.4, -0.2) is 63.9 Å². The Balaban J connectivity index is 1.61. The van der Waals surface area contributed by atoms with Crippen molar-refractivity contribution in [1.29, 1.82) is 0 Å². The van der Waals surface area contributed by atoms with Gasteiger partial charge in [-0.1, -0.05) is 11.6 Å². The summed E-state index contributed by atoms with van der Waals surface area (Å²) in [6, 6.07) is 6.36. The summed E-state index contributed by atoms with van der Waals surface area (Å²) in [5.41, 5.74) is -1.98. The zero-order chi connectivity index (χ0) is 26.6. The summed E-state index contributed by atoms with van der Waals surface area (Å²) in [5.74, 6) is -4.83. The first-order valence-electron chi connectivity index (χ1n) is 11.3. The molecule has 2 aromatic rings. The van der Waals surface area contributed by atoms with Gasteiger partial charge in [-0.05, 0) is 62.4 Å². The fourth-order valence-electron chi connectivity index (χ4n) is 5.50. The zero-order valence-corrected chi connectivity index (χ0v) is 20.7. The van der Waals surface area contributed by atoms with Crippen LogP contribution in [0.25, 0.3) is 0 Å². The molecule has 0 aliphatic heterocycles. The standard InChI is InChI=1S/C24H26ClF2NO7S/c1-11(29)22(31)24(33)13-7-15(10-16(24)20(30)8-13)36(34,35)21-6-12(2-4-17(21)25)23(32)28-14-3-5-18(26)19(27)9-14/h2-6,9,11,13,15-16,20,22,29-31,33H,7-8,10H2,1H3,(H,28,32)/t11-,13-,15+,16+,20-,22+,24+/m0/s1. The molecule has 0 heterocycles. The lowest BCUT2D eigenvalue weighted by atomic mass is 9.70. The number of carbonyl (C=O) groups is 1. The van der Waals surface area contributed by atoms with E-state index in [0.29, 0.717) is 0 Å². The third-order valence-electron chi connectivity index (χ3n) is 7.35. The fraction of sp³-hybridized carbons (Fsp3) is 0.458. The van der Waals surface area contributed by atoms with E-state index in [0.717, 1.165) is 24.3 Å². The highest BCUT2D eigenvalue weighted by atomic mass is 35.5. The van der Waals surface area contributed by atoms with Crippen LogP contribution in [0.4, 0.5) is 14.5 Å². The first-order chi connectivity index (χ1) is 16.8. The van der Waals surface area contributed by atoms with Gasteiger partial charge in [0.2, 0.25) is 0 Å². The predicted molar refractivity (Wildman–Crippen MR) is 126 cm³/mol. The Hall–Kier alpha value is -2.15. The second kappa shape index (κ2) is 9.62. The Morgan fingerprint density at radius 1 is 1.11 bits per heavy atom. The van der Waals surface area contributed by atoms with Crippen LogP contribution in [0.5, 0.6) is 0 Å². The highest BCUT2D eigenvalue weighted by molar-refractivity contribution is 7.92. The Bertz CT molecular complexity index is 1290. The van der Waals surface area contributed by atoms with Crippen molar-refractivity contribution in [2.24, 2.45) is 11.8 Å². The molecule has 12 heteroatoms. The highest BCUT2D eigenvalue weighted by Gasteiger charge is 2.63. The number of aliphatic hydroxyl groups excluding tert-OH is 3. The Kier molecular flexibility index (Phi) is 7.19. The molecule has 2 aliphatic rings. The molecular weight excluding hydrogens is 520 g/mol. The summed E-state index contributed by atoms with van der Waals surface area (Å²) in [7, 11) is -4.17. The van der Waals surface area contributed by atoms with Crippen LogP contribution in [0.3, 0.4) is 0 Å². The van der Waals surface area contributed by atoms with Gasteiger partial charge in [0, 0.05) is 23.2 Å². The number of fused-ring (bicyclic) bond motifs is 2. The molecule has 0 spiro atoms. The zero-order valence-electron chi connectivity index (χ0n) is 19.1. The van der Waals surface area contributed by atoms with Crippen molar-refractivity contribution in [2.45, 2.75) is 60.2 Å².